The van der Waals surface area contributed by atoms with Crippen LogP contribution in [0.2, 0.25) is 5.02 Å². The van der Waals surface area contributed by atoms with Crippen LogP contribution in [0.4, 0.5) is 5.82 Å². The minimum absolute atomic E-state index is 0.103. The van der Waals surface area contributed by atoms with E-state index in [9.17, 15) is 9.59 Å². The van der Waals surface area contributed by atoms with Crippen molar-refractivity contribution in [3.8, 4) is 0 Å². The summed E-state index contributed by atoms with van der Waals surface area (Å²) in [5.41, 5.74) is 0.598. The number of aromatic nitrogens is 5. The van der Waals surface area contributed by atoms with Gasteiger partial charge in [0.2, 0.25) is 5.91 Å². The topological polar surface area (TPSA) is 107 Å². The Hall–Kier alpha value is -2.56. The number of H-pyrrole nitrogens is 1. The Morgan fingerprint density at radius 2 is 2.17 bits per heavy atom. The summed E-state index contributed by atoms with van der Waals surface area (Å²) in [6.07, 6.45) is 2.29. The monoisotopic (exact) mass is 436 g/mol. The summed E-state index contributed by atoms with van der Waals surface area (Å²) in [5.74, 6) is 0.441. The average molecular weight is 437 g/mol. The van der Waals surface area contributed by atoms with E-state index in [2.05, 4.69) is 20.6 Å². The zero-order valence-corrected chi connectivity index (χ0v) is 17.4. The van der Waals surface area contributed by atoms with Crippen LogP contribution in [0.15, 0.2) is 46.5 Å². The van der Waals surface area contributed by atoms with Crippen LogP contribution in [0.5, 0.6) is 0 Å². The van der Waals surface area contributed by atoms with Crippen LogP contribution in [0, 0.1) is 0 Å². The summed E-state index contributed by atoms with van der Waals surface area (Å²) in [6.45, 7) is 1.45. The molecule has 0 radical (unpaired) electrons. The molecule has 0 saturated carbocycles. The van der Waals surface area contributed by atoms with Crippen molar-refractivity contribution >= 4 is 35.1 Å². The Balaban J connectivity index is 1.58. The Kier molecular flexibility index (Phi) is 7.50. The molecule has 29 heavy (non-hydrogen) atoms. The molecule has 0 fully saturated rings. The van der Waals surface area contributed by atoms with Crippen LogP contribution in [0.1, 0.15) is 12.0 Å². The number of halogens is 1. The van der Waals surface area contributed by atoms with Crippen LogP contribution < -0.4 is 11.0 Å². The summed E-state index contributed by atoms with van der Waals surface area (Å²) in [7, 11) is 1.61. The molecule has 0 aliphatic rings. The molecule has 2 heterocycles. The van der Waals surface area contributed by atoms with E-state index in [-0.39, 0.29) is 17.3 Å². The zero-order chi connectivity index (χ0) is 20.6. The number of amides is 1. The van der Waals surface area contributed by atoms with E-state index in [4.69, 9.17) is 16.3 Å². The van der Waals surface area contributed by atoms with Crippen molar-refractivity contribution < 1.29 is 9.53 Å². The molecule has 11 heteroatoms. The molecule has 0 unspecified atom stereocenters. The fourth-order valence-electron chi connectivity index (χ4n) is 2.64. The molecule has 0 spiro atoms. The molecule has 1 aromatic carbocycles. The second-order valence-electron chi connectivity index (χ2n) is 6.11. The van der Waals surface area contributed by atoms with Gasteiger partial charge in [0, 0.05) is 31.4 Å². The fourth-order valence-corrected chi connectivity index (χ4v) is 3.61. The molecule has 3 rings (SSSR count). The predicted molar refractivity (Wildman–Crippen MR) is 111 cm³/mol. The molecule has 0 saturated heterocycles. The highest BCUT2D eigenvalue weighted by molar-refractivity contribution is 7.99. The van der Waals surface area contributed by atoms with Crippen molar-refractivity contribution in [3.05, 3.63) is 57.6 Å². The number of hydrogen-bond donors (Lipinski definition) is 2. The highest BCUT2D eigenvalue weighted by atomic mass is 35.5. The number of methoxy groups -OCH3 is 1. The van der Waals surface area contributed by atoms with Crippen LogP contribution in [0.3, 0.4) is 0 Å². The van der Waals surface area contributed by atoms with Gasteiger partial charge in [0.05, 0.1) is 18.5 Å². The summed E-state index contributed by atoms with van der Waals surface area (Å²) in [4.78, 5) is 24.2. The Morgan fingerprint density at radius 1 is 1.34 bits per heavy atom. The number of carbonyl (C=O) groups excluding carboxylic acids is 1. The number of nitrogens with one attached hydrogen (secondary N) is 2. The van der Waals surface area contributed by atoms with E-state index >= 15 is 0 Å². The van der Waals surface area contributed by atoms with Gasteiger partial charge in [-0.1, -0.05) is 41.6 Å². The zero-order valence-electron chi connectivity index (χ0n) is 15.8. The molecule has 0 aliphatic heterocycles. The molecule has 3 aromatic rings. The van der Waals surface area contributed by atoms with Crippen molar-refractivity contribution in [2.24, 2.45) is 0 Å². The lowest BCUT2D eigenvalue weighted by Crippen LogP contribution is -2.20. The third kappa shape index (κ3) is 5.72. The molecule has 0 bridgehead atoms. The first-order chi connectivity index (χ1) is 14.1. The van der Waals surface area contributed by atoms with Gasteiger partial charge in [-0.25, -0.2) is 14.6 Å². The lowest BCUT2D eigenvalue weighted by Gasteiger charge is -2.10. The third-order valence-corrected chi connectivity index (χ3v) is 5.39. The number of benzene rings is 1. The summed E-state index contributed by atoms with van der Waals surface area (Å²) < 4.78 is 8.17. The minimum Gasteiger partial charge on any atom is -0.385 e. The van der Waals surface area contributed by atoms with E-state index in [0.717, 1.165) is 5.56 Å². The largest absolute Gasteiger partial charge is 0.385 e. The van der Waals surface area contributed by atoms with Crippen LogP contribution in [-0.2, 0) is 22.6 Å². The Bertz CT molecular complexity index is 1010. The average Bonchev–Trinajstić information content (AvgIpc) is 3.29. The molecule has 1 amide bonds. The third-order valence-electron chi connectivity index (χ3n) is 4.05. The number of ether oxygens (including phenoxy) is 1. The molecule has 2 aromatic heterocycles. The van der Waals surface area contributed by atoms with Crippen molar-refractivity contribution in [3.63, 3.8) is 0 Å². The van der Waals surface area contributed by atoms with Gasteiger partial charge in [0.15, 0.2) is 5.16 Å². The van der Waals surface area contributed by atoms with E-state index in [0.29, 0.717) is 42.1 Å². The number of carbonyl (C=O) groups is 1. The van der Waals surface area contributed by atoms with Crippen LogP contribution >= 0.6 is 23.4 Å². The van der Waals surface area contributed by atoms with Crippen LogP contribution in [0.25, 0.3) is 0 Å². The van der Waals surface area contributed by atoms with E-state index in [1.54, 1.807) is 24.1 Å². The van der Waals surface area contributed by atoms with Gasteiger partial charge < -0.3 is 10.1 Å². The highest BCUT2D eigenvalue weighted by Crippen LogP contribution is 2.19. The van der Waals surface area contributed by atoms with Gasteiger partial charge in [0.1, 0.15) is 5.82 Å². The number of nitrogens with zero attached hydrogens (tertiary/aromatic N) is 4. The van der Waals surface area contributed by atoms with Gasteiger partial charge in [-0.05, 0) is 18.1 Å². The molecular formula is C18H21ClN6O3S. The van der Waals surface area contributed by atoms with Crippen molar-refractivity contribution in [2.45, 2.75) is 24.7 Å². The Labute approximate surface area is 176 Å². The van der Waals surface area contributed by atoms with Crippen molar-refractivity contribution in [1.29, 1.82) is 0 Å². The van der Waals surface area contributed by atoms with E-state index in [1.165, 1.54) is 16.3 Å². The van der Waals surface area contributed by atoms with Gasteiger partial charge in [-0.15, -0.1) is 5.10 Å². The van der Waals surface area contributed by atoms with Gasteiger partial charge in [0.25, 0.3) is 0 Å². The normalized spacial score (nSPS) is 11.0. The minimum atomic E-state index is -0.304. The number of aromatic amines is 1. The van der Waals surface area contributed by atoms with Gasteiger partial charge in [-0.3, -0.25) is 9.36 Å². The number of rotatable bonds is 10. The predicted octanol–water partition coefficient (Wildman–Crippen LogP) is 2.24. The lowest BCUT2D eigenvalue weighted by atomic mass is 10.2. The summed E-state index contributed by atoms with van der Waals surface area (Å²) in [5, 5.41) is 14.6. The maximum atomic E-state index is 12.4. The van der Waals surface area contributed by atoms with Gasteiger partial charge >= 0.3 is 5.69 Å². The molecule has 9 nitrogen and oxygen atoms in total. The number of anilines is 1. The summed E-state index contributed by atoms with van der Waals surface area (Å²) in [6, 6.07) is 9.19. The second kappa shape index (κ2) is 10.3. The molecule has 0 atom stereocenters. The van der Waals surface area contributed by atoms with Gasteiger partial charge in [-0.2, -0.15) is 5.10 Å². The first kappa shape index (κ1) is 21.2. The molecular weight excluding hydrogens is 416 g/mol. The first-order valence-corrected chi connectivity index (χ1v) is 10.3. The highest BCUT2D eigenvalue weighted by Gasteiger charge is 2.13. The number of hydrogen-bond acceptors (Lipinski definition) is 6. The van der Waals surface area contributed by atoms with Crippen molar-refractivity contribution in [2.75, 3.05) is 24.8 Å². The quantitative estimate of drug-likeness (QED) is 0.373. The summed E-state index contributed by atoms with van der Waals surface area (Å²) >= 11 is 7.39. The standard InChI is InChI=1S/C18H21ClN6O3S/c1-28-10-4-9-24-17(27)22-23-18(24)29-12-16(26)21-15-7-8-20-25(15)11-13-5-2-3-6-14(13)19/h2-3,5-8H,4,9-12H2,1H3,(H,21,26)(H,22,27). The lowest BCUT2D eigenvalue weighted by molar-refractivity contribution is -0.113. The van der Waals surface area contributed by atoms with E-state index < -0.39 is 0 Å². The number of thioether (sulfide) groups is 1. The molecule has 0 aliphatic carbocycles. The Morgan fingerprint density at radius 3 is 2.97 bits per heavy atom. The SMILES string of the molecule is COCCCn1c(SCC(=O)Nc2ccnn2Cc2ccccc2Cl)n[nH]c1=O. The smallest absolute Gasteiger partial charge is 0.343 e. The van der Waals surface area contributed by atoms with Crippen LogP contribution in [-0.4, -0.2) is 49.9 Å². The maximum absolute atomic E-state index is 12.4. The first-order valence-electron chi connectivity index (χ1n) is 8.90. The van der Waals surface area contributed by atoms with E-state index in [1.807, 2.05) is 24.3 Å². The molecule has 154 valence electrons. The molecule has 2 N–H and O–H groups in total. The fraction of sp³-hybridized carbons (Fsp3) is 0.333. The van der Waals surface area contributed by atoms with Crippen molar-refractivity contribution in [1.82, 2.24) is 24.5 Å². The second-order valence-corrected chi connectivity index (χ2v) is 7.46. The maximum Gasteiger partial charge on any atom is 0.343 e.